The van der Waals surface area contributed by atoms with E-state index in [0.29, 0.717) is 23.9 Å². The van der Waals surface area contributed by atoms with Gasteiger partial charge in [-0.3, -0.25) is 0 Å². The molecule has 1 aromatic carbocycles. The highest BCUT2D eigenvalue weighted by atomic mass is 32.2. The van der Waals surface area contributed by atoms with Crippen LogP contribution in [0.5, 0.6) is 0 Å². The van der Waals surface area contributed by atoms with E-state index in [-0.39, 0.29) is 5.97 Å². The molecule has 0 bridgehead atoms. The number of benzene rings is 1. The van der Waals surface area contributed by atoms with Crippen LogP contribution in [0.1, 0.15) is 30.6 Å². The van der Waals surface area contributed by atoms with Crippen molar-refractivity contribution in [2.45, 2.75) is 26.3 Å². The van der Waals surface area contributed by atoms with Crippen molar-refractivity contribution in [2.75, 3.05) is 29.7 Å². The van der Waals surface area contributed by atoms with Gasteiger partial charge in [0.1, 0.15) is 0 Å². The van der Waals surface area contributed by atoms with Gasteiger partial charge in [-0.15, -0.1) is 0 Å². The number of ether oxygens (including phenoxy) is 1. The summed E-state index contributed by atoms with van der Waals surface area (Å²) < 4.78 is 5.06. The van der Waals surface area contributed by atoms with Crippen LogP contribution in [0.2, 0.25) is 0 Å². The minimum atomic E-state index is -0.337. The second-order valence-corrected chi connectivity index (χ2v) is 5.14. The molecule has 106 valence electrons. The smallest absolute Gasteiger partial charge is 0.340 e. The molecule has 0 spiro atoms. The summed E-state index contributed by atoms with van der Waals surface area (Å²) >= 11 is 1.78. The van der Waals surface area contributed by atoms with Crippen molar-refractivity contribution in [3.05, 3.63) is 23.8 Å². The number of nitrogen functional groups attached to an aromatic ring is 1. The van der Waals surface area contributed by atoms with Crippen molar-refractivity contribution in [1.82, 2.24) is 0 Å². The Hall–Kier alpha value is -1.36. The number of anilines is 2. The Kier molecular flexibility index (Phi) is 6.56. The molecule has 4 nitrogen and oxygen atoms in total. The third-order valence-electron chi connectivity index (χ3n) is 2.76. The molecule has 0 aliphatic rings. The Balaban J connectivity index is 2.95. The van der Waals surface area contributed by atoms with Crippen LogP contribution >= 0.6 is 11.8 Å². The summed E-state index contributed by atoms with van der Waals surface area (Å²) in [5.41, 5.74) is 7.59. The zero-order chi connectivity index (χ0) is 14.3. The van der Waals surface area contributed by atoms with Gasteiger partial charge in [-0.2, -0.15) is 11.8 Å². The molecular weight excluding hydrogens is 260 g/mol. The normalized spacial score (nSPS) is 11.9. The van der Waals surface area contributed by atoms with E-state index in [4.69, 9.17) is 10.5 Å². The molecule has 1 unspecified atom stereocenters. The van der Waals surface area contributed by atoms with Crippen LogP contribution in [0.4, 0.5) is 11.4 Å². The molecule has 0 radical (unpaired) electrons. The van der Waals surface area contributed by atoms with E-state index >= 15 is 0 Å². The minimum absolute atomic E-state index is 0.326. The quantitative estimate of drug-likeness (QED) is 0.594. The molecule has 1 atom stereocenters. The molecule has 19 heavy (non-hydrogen) atoms. The number of esters is 1. The van der Waals surface area contributed by atoms with Crippen LogP contribution in [0.25, 0.3) is 0 Å². The lowest BCUT2D eigenvalue weighted by Crippen LogP contribution is -2.23. The Labute approximate surface area is 119 Å². The SMILES string of the molecule is CCOC(=O)c1cc(N)ccc1NC(CC)CSC. The Morgan fingerprint density at radius 1 is 1.47 bits per heavy atom. The van der Waals surface area contributed by atoms with Gasteiger partial charge in [0.2, 0.25) is 0 Å². The number of hydrogen-bond donors (Lipinski definition) is 2. The predicted molar refractivity (Wildman–Crippen MR) is 82.9 cm³/mol. The number of hydrogen-bond acceptors (Lipinski definition) is 5. The summed E-state index contributed by atoms with van der Waals surface area (Å²) in [6, 6.07) is 5.61. The second kappa shape index (κ2) is 7.94. The molecule has 0 fully saturated rings. The molecule has 0 amide bonds. The molecule has 5 heteroatoms. The third kappa shape index (κ3) is 4.67. The largest absolute Gasteiger partial charge is 0.462 e. The molecule has 0 aromatic heterocycles. The summed E-state index contributed by atoms with van der Waals surface area (Å²) in [5.74, 6) is 0.652. The average Bonchev–Trinajstić information content (AvgIpc) is 2.40. The van der Waals surface area contributed by atoms with Crippen LogP contribution in [0.15, 0.2) is 18.2 Å². The second-order valence-electron chi connectivity index (χ2n) is 4.23. The van der Waals surface area contributed by atoms with Crippen LogP contribution in [0, 0.1) is 0 Å². The number of nitrogens with two attached hydrogens (primary N) is 1. The van der Waals surface area contributed by atoms with Crippen LogP contribution in [-0.4, -0.2) is 30.6 Å². The highest BCUT2D eigenvalue weighted by molar-refractivity contribution is 7.98. The lowest BCUT2D eigenvalue weighted by Gasteiger charge is -2.19. The summed E-state index contributed by atoms with van der Waals surface area (Å²) in [6.45, 7) is 4.27. The van der Waals surface area contributed by atoms with Crippen molar-refractivity contribution < 1.29 is 9.53 Å². The summed E-state index contributed by atoms with van der Waals surface area (Å²) in [6.07, 6.45) is 3.06. The first kappa shape index (κ1) is 15.7. The van der Waals surface area contributed by atoms with Crippen molar-refractivity contribution >= 4 is 29.1 Å². The number of carbonyl (C=O) groups excluding carboxylic acids is 1. The predicted octanol–water partition coefficient (Wildman–Crippen LogP) is 3.00. The van der Waals surface area contributed by atoms with Gasteiger partial charge >= 0.3 is 5.97 Å². The van der Waals surface area contributed by atoms with E-state index < -0.39 is 0 Å². The average molecular weight is 282 g/mol. The first-order valence-corrected chi connectivity index (χ1v) is 7.83. The fourth-order valence-corrected chi connectivity index (χ4v) is 2.47. The highest BCUT2D eigenvalue weighted by Crippen LogP contribution is 2.22. The number of carbonyl (C=O) groups is 1. The van der Waals surface area contributed by atoms with Crippen molar-refractivity contribution in [1.29, 1.82) is 0 Å². The highest BCUT2D eigenvalue weighted by Gasteiger charge is 2.15. The van der Waals surface area contributed by atoms with Gasteiger partial charge in [-0.1, -0.05) is 6.92 Å². The monoisotopic (exact) mass is 282 g/mol. The van der Waals surface area contributed by atoms with E-state index in [2.05, 4.69) is 18.5 Å². The fraction of sp³-hybridized carbons (Fsp3) is 0.500. The first-order chi connectivity index (χ1) is 9.12. The van der Waals surface area contributed by atoms with Crippen molar-refractivity contribution in [3.63, 3.8) is 0 Å². The van der Waals surface area contributed by atoms with E-state index in [1.54, 1.807) is 30.8 Å². The topological polar surface area (TPSA) is 64.3 Å². The maximum Gasteiger partial charge on any atom is 0.340 e. The van der Waals surface area contributed by atoms with E-state index in [0.717, 1.165) is 17.9 Å². The molecule has 0 aliphatic carbocycles. The number of thioether (sulfide) groups is 1. The summed E-state index contributed by atoms with van der Waals surface area (Å²) in [5, 5.41) is 3.39. The van der Waals surface area contributed by atoms with Crippen LogP contribution in [0.3, 0.4) is 0 Å². The van der Waals surface area contributed by atoms with Gasteiger partial charge < -0.3 is 15.8 Å². The molecule has 1 rings (SSSR count). The molecule has 0 heterocycles. The van der Waals surface area contributed by atoms with E-state index in [9.17, 15) is 4.79 Å². The van der Waals surface area contributed by atoms with E-state index in [1.807, 2.05) is 6.07 Å². The lowest BCUT2D eigenvalue weighted by atomic mass is 10.1. The Morgan fingerprint density at radius 3 is 2.79 bits per heavy atom. The molecule has 0 saturated carbocycles. The maximum atomic E-state index is 11.9. The third-order valence-corrected chi connectivity index (χ3v) is 3.49. The van der Waals surface area contributed by atoms with Gasteiger partial charge in [-0.25, -0.2) is 4.79 Å². The fourth-order valence-electron chi connectivity index (χ4n) is 1.75. The number of nitrogens with one attached hydrogen (secondary N) is 1. The Morgan fingerprint density at radius 2 is 2.21 bits per heavy atom. The van der Waals surface area contributed by atoms with Crippen LogP contribution < -0.4 is 11.1 Å². The summed E-state index contributed by atoms with van der Waals surface area (Å²) in [4.78, 5) is 11.9. The molecule has 1 aromatic rings. The molecule has 3 N–H and O–H groups in total. The van der Waals surface area contributed by atoms with Gasteiger partial charge in [0.05, 0.1) is 12.2 Å². The minimum Gasteiger partial charge on any atom is -0.462 e. The van der Waals surface area contributed by atoms with Gasteiger partial charge in [0.25, 0.3) is 0 Å². The first-order valence-electron chi connectivity index (χ1n) is 6.44. The van der Waals surface area contributed by atoms with Gasteiger partial charge in [0.15, 0.2) is 0 Å². The van der Waals surface area contributed by atoms with Crippen molar-refractivity contribution in [3.8, 4) is 0 Å². The Bertz CT molecular complexity index is 424. The summed E-state index contributed by atoms with van der Waals surface area (Å²) in [7, 11) is 0. The van der Waals surface area contributed by atoms with E-state index in [1.165, 1.54) is 0 Å². The van der Waals surface area contributed by atoms with Crippen molar-refractivity contribution in [2.24, 2.45) is 0 Å². The maximum absolute atomic E-state index is 11.9. The zero-order valence-electron chi connectivity index (χ0n) is 11.7. The zero-order valence-corrected chi connectivity index (χ0v) is 12.5. The van der Waals surface area contributed by atoms with Gasteiger partial charge in [-0.05, 0) is 37.8 Å². The number of rotatable bonds is 7. The lowest BCUT2D eigenvalue weighted by molar-refractivity contribution is 0.0527. The standard InChI is InChI=1S/C14H22N2O2S/c1-4-11(9-19-3)16-13-7-6-10(15)8-12(13)14(17)18-5-2/h6-8,11,16H,4-5,9,15H2,1-3H3. The van der Waals surface area contributed by atoms with Crippen LogP contribution in [-0.2, 0) is 4.74 Å². The molecule has 0 saturated heterocycles. The van der Waals surface area contributed by atoms with Gasteiger partial charge in [0, 0.05) is 23.2 Å². The molecular formula is C14H22N2O2S. The molecule has 0 aliphatic heterocycles.